The van der Waals surface area contributed by atoms with Crippen molar-refractivity contribution in [3.63, 3.8) is 0 Å². The maximum atomic E-state index is 13.1. The van der Waals surface area contributed by atoms with Crippen molar-refractivity contribution in [3.05, 3.63) is 29.0 Å². The number of likely N-dealkylation sites (tertiary alicyclic amines) is 1. The molecule has 0 aromatic heterocycles. The number of benzene rings is 1. The van der Waals surface area contributed by atoms with Crippen LogP contribution in [0.25, 0.3) is 0 Å². The minimum absolute atomic E-state index is 0.150. The third-order valence-corrected chi connectivity index (χ3v) is 6.40. The van der Waals surface area contributed by atoms with Crippen LogP contribution in [0.3, 0.4) is 0 Å². The van der Waals surface area contributed by atoms with Crippen LogP contribution in [0, 0.1) is 11.7 Å². The average Bonchev–Trinajstić information content (AvgIpc) is 2.70. The number of hydrogen-bond donors (Lipinski definition) is 1. The highest BCUT2D eigenvalue weighted by Gasteiger charge is 2.25. The lowest BCUT2D eigenvalue weighted by Crippen LogP contribution is -2.40. The summed E-state index contributed by atoms with van der Waals surface area (Å²) >= 11 is 6.06. The van der Waals surface area contributed by atoms with E-state index in [0.29, 0.717) is 23.2 Å². The summed E-state index contributed by atoms with van der Waals surface area (Å²) in [5.41, 5.74) is 0. The number of nitrogens with zero attached hydrogens (tertiary/aromatic N) is 1. The summed E-state index contributed by atoms with van der Waals surface area (Å²) in [6, 6.07) is 4.69. The van der Waals surface area contributed by atoms with E-state index < -0.39 is 0 Å². The lowest BCUT2D eigenvalue weighted by atomic mass is 9.84. The molecule has 0 bridgehead atoms. The number of rotatable bonds is 7. The number of carbonyl (C=O) groups is 1. The van der Waals surface area contributed by atoms with Crippen LogP contribution in [0.4, 0.5) is 4.39 Å². The normalized spacial score (nSPS) is 24.1. The quantitative estimate of drug-likeness (QED) is 0.702. The maximum absolute atomic E-state index is 13.1. The molecule has 2 fully saturated rings. The summed E-state index contributed by atoms with van der Waals surface area (Å²) in [4.78, 5) is 14.0. The van der Waals surface area contributed by atoms with Crippen molar-refractivity contribution in [2.75, 3.05) is 19.6 Å². The molecule has 0 radical (unpaired) electrons. The Balaban J connectivity index is 1.32. The first-order valence-corrected chi connectivity index (χ1v) is 11.0. The van der Waals surface area contributed by atoms with Crippen molar-refractivity contribution < 1.29 is 13.9 Å². The first-order valence-electron chi connectivity index (χ1n) is 10.7. The molecule has 156 valence electrons. The molecule has 6 heteroatoms. The van der Waals surface area contributed by atoms with E-state index in [9.17, 15) is 9.18 Å². The number of halogens is 2. The van der Waals surface area contributed by atoms with Crippen molar-refractivity contribution in [2.24, 2.45) is 5.92 Å². The second-order valence-corrected chi connectivity index (χ2v) is 8.57. The van der Waals surface area contributed by atoms with Gasteiger partial charge in [0, 0.05) is 25.6 Å². The van der Waals surface area contributed by atoms with Gasteiger partial charge in [0.05, 0.1) is 5.02 Å². The molecule has 3 rings (SSSR count). The van der Waals surface area contributed by atoms with Crippen molar-refractivity contribution >= 4 is 17.5 Å². The van der Waals surface area contributed by atoms with Crippen molar-refractivity contribution in [1.82, 2.24) is 10.2 Å². The van der Waals surface area contributed by atoms with Gasteiger partial charge < -0.3 is 15.0 Å². The van der Waals surface area contributed by atoms with Gasteiger partial charge in [-0.05, 0) is 75.6 Å². The molecule has 1 saturated carbocycles. The molecule has 0 atom stereocenters. The lowest BCUT2D eigenvalue weighted by molar-refractivity contribution is -0.121. The second-order valence-electron chi connectivity index (χ2n) is 8.16. The van der Waals surface area contributed by atoms with Crippen molar-refractivity contribution in [3.8, 4) is 5.75 Å². The zero-order valence-corrected chi connectivity index (χ0v) is 17.5. The minimum Gasteiger partial charge on any atom is -0.489 e. The van der Waals surface area contributed by atoms with E-state index >= 15 is 0 Å². The molecular formula is C22H32ClFN2O2. The Kier molecular flexibility index (Phi) is 7.98. The van der Waals surface area contributed by atoms with E-state index in [1.54, 1.807) is 6.07 Å². The molecule has 4 nitrogen and oxygen atoms in total. The largest absolute Gasteiger partial charge is 0.489 e. The summed E-state index contributed by atoms with van der Waals surface area (Å²) in [5, 5.41) is 3.47. The predicted octanol–water partition coefficient (Wildman–Crippen LogP) is 4.80. The van der Waals surface area contributed by atoms with Crippen molar-refractivity contribution in [1.29, 1.82) is 0 Å². The van der Waals surface area contributed by atoms with Crippen LogP contribution in [0.15, 0.2) is 18.2 Å². The number of nitrogens with one attached hydrogen (secondary N) is 1. The molecule has 1 aromatic rings. The molecule has 1 aliphatic carbocycles. The van der Waals surface area contributed by atoms with Crippen LogP contribution in [0.1, 0.15) is 58.3 Å². The van der Waals surface area contributed by atoms with E-state index in [-0.39, 0.29) is 17.8 Å². The number of hydrogen-bond acceptors (Lipinski definition) is 3. The fraction of sp³-hybridized carbons (Fsp3) is 0.682. The molecule has 1 aromatic carbocycles. The highest BCUT2D eigenvalue weighted by molar-refractivity contribution is 6.32. The molecule has 0 unspecified atom stereocenters. The van der Waals surface area contributed by atoms with E-state index in [1.807, 2.05) is 6.92 Å². The molecule has 1 heterocycles. The first kappa shape index (κ1) is 21.4. The minimum atomic E-state index is -0.339. The number of amides is 1. The topological polar surface area (TPSA) is 41.6 Å². The van der Waals surface area contributed by atoms with Gasteiger partial charge in [-0.1, -0.05) is 18.5 Å². The summed E-state index contributed by atoms with van der Waals surface area (Å²) in [7, 11) is 0. The third kappa shape index (κ3) is 6.35. The fourth-order valence-corrected chi connectivity index (χ4v) is 4.50. The first-order chi connectivity index (χ1) is 13.5. The molecule has 1 N–H and O–H groups in total. The highest BCUT2D eigenvalue weighted by Crippen LogP contribution is 2.29. The third-order valence-electron chi connectivity index (χ3n) is 6.11. The van der Waals surface area contributed by atoms with E-state index in [0.717, 1.165) is 51.2 Å². The van der Waals surface area contributed by atoms with Crippen molar-refractivity contribution in [2.45, 2.75) is 70.4 Å². The zero-order valence-electron chi connectivity index (χ0n) is 16.8. The molecule has 2 aliphatic rings. The van der Waals surface area contributed by atoms with E-state index in [4.69, 9.17) is 16.3 Å². The Morgan fingerprint density at radius 1 is 1.21 bits per heavy atom. The Morgan fingerprint density at radius 3 is 2.57 bits per heavy atom. The average molecular weight is 411 g/mol. The van der Waals surface area contributed by atoms with Crippen LogP contribution < -0.4 is 10.1 Å². The predicted molar refractivity (Wildman–Crippen MR) is 110 cm³/mol. The van der Waals surface area contributed by atoms with Crippen LogP contribution in [0.5, 0.6) is 5.75 Å². The maximum Gasteiger partial charge on any atom is 0.219 e. The monoisotopic (exact) mass is 410 g/mol. The van der Waals surface area contributed by atoms with Gasteiger partial charge in [-0.3, -0.25) is 4.79 Å². The summed E-state index contributed by atoms with van der Waals surface area (Å²) in [5.74, 6) is 1.19. The van der Waals surface area contributed by atoms with Crippen LogP contribution >= 0.6 is 11.6 Å². The lowest BCUT2D eigenvalue weighted by Gasteiger charge is -2.34. The van der Waals surface area contributed by atoms with Gasteiger partial charge in [-0.25, -0.2) is 4.39 Å². The van der Waals surface area contributed by atoms with Gasteiger partial charge >= 0.3 is 0 Å². The standard InChI is InChI=1S/C22H32ClFN2O2/c1-2-22(27)25-18-6-3-16(4-7-18)9-12-26-13-10-19(11-14-26)28-21-8-5-17(24)15-20(21)23/h5,8,15-16,18-19H,2-4,6-7,9-14H2,1H3,(H,25,27)/t16-,18-. The summed E-state index contributed by atoms with van der Waals surface area (Å²) in [6.07, 6.45) is 8.59. The zero-order chi connectivity index (χ0) is 19.9. The fourth-order valence-electron chi connectivity index (χ4n) is 4.29. The van der Waals surface area contributed by atoms with Crippen LogP contribution in [-0.2, 0) is 4.79 Å². The van der Waals surface area contributed by atoms with Gasteiger partial charge in [-0.2, -0.15) is 0 Å². The van der Waals surface area contributed by atoms with E-state index in [1.165, 1.54) is 31.4 Å². The Labute approximate surface area is 172 Å². The Morgan fingerprint density at radius 2 is 1.93 bits per heavy atom. The summed E-state index contributed by atoms with van der Waals surface area (Å²) in [6.45, 7) is 5.11. The molecular weight excluding hydrogens is 379 g/mol. The second kappa shape index (κ2) is 10.4. The molecule has 1 aliphatic heterocycles. The van der Waals surface area contributed by atoms with E-state index in [2.05, 4.69) is 10.2 Å². The van der Waals surface area contributed by atoms with Crippen LogP contribution in [-0.4, -0.2) is 42.6 Å². The smallest absolute Gasteiger partial charge is 0.219 e. The Hall–Kier alpha value is -1.33. The highest BCUT2D eigenvalue weighted by atomic mass is 35.5. The molecule has 1 amide bonds. The SMILES string of the molecule is CCC(=O)N[C@H]1CC[C@H](CCN2CCC(Oc3ccc(F)cc3Cl)CC2)CC1. The van der Waals surface area contributed by atoms with Gasteiger partial charge in [0.1, 0.15) is 17.7 Å². The molecule has 28 heavy (non-hydrogen) atoms. The summed E-state index contributed by atoms with van der Waals surface area (Å²) < 4.78 is 19.1. The van der Waals surface area contributed by atoms with Gasteiger partial charge in [0.2, 0.25) is 5.91 Å². The number of ether oxygens (including phenoxy) is 1. The van der Waals surface area contributed by atoms with Gasteiger partial charge in [-0.15, -0.1) is 0 Å². The molecule has 1 saturated heterocycles. The van der Waals surface area contributed by atoms with Gasteiger partial charge in [0.15, 0.2) is 0 Å². The van der Waals surface area contributed by atoms with Crippen LogP contribution in [0.2, 0.25) is 5.02 Å². The van der Waals surface area contributed by atoms with Gasteiger partial charge in [0.25, 0.3) is 0 Å². The number of carbonyl (C=O) groups excluding carboxylic acids is 1. The Bertz CT molecular complexity index is 641. The molecule has 0 spiro atoms. The number of piperidine rings is 1.